The lowest BCUT2D eigenvalue weighted by Gasteiger charge is -2.18. The van der Waals surface area contributed by atoms with Crippen LogP contribution in [-0.4, -0.2) is 35.4 Å². The molecular weight excluding hydrogens is 299 g/mol. The predicted molar refractivity (Wildman–Crippen MR) is 83.3 cm³/mol. The van der Waals surface area contributed by atoms with Crippen molar-refractivity contribution in [1.29, 1.82) is 0 Å². The molecule has 0 radical (unpaired) electrons. The Balaban J connectivity index is 1.89. The fraction of sp³-hybridized carbons (Fsp3) is 0.176. The molecule has 2 aromatic carbocycles. The van der Waals surface area contributed by atoms with Gasteiger partial charge < -0.3 is 15.3 Å². The number of nitrogens with one attached hydrogen (secondary N) is 1. The lowest BCUT2D eigenvalue weighted by atomic mass is 10.2. The van der Waals surface area contributed by atoms with E-state index in [1.54, 1.807) is 31.3 Å². The van der Waals surface area contributed by atoms with Crippen LogP contribution >= 0.6 is 0 Å². The van der Waals surface area contributed by atoms with Gasteiger partial charge in [0.1, 0.15) is 11.6 Å². The number of nitrogens with zero attached hydrogens (tertiary/aromatic N) is 1. The van der Waals surface area contributed by atoms with Crippen molar-refractivity contribution in [2.24, 2.45) is 0 Å². The number of phenolic OH excluding ortho intramolecular Hbond substituents is 1. The normalized spacial score (nSPS) is 10.2. The zero-order valence-electron chi connectivity index (χ0n) is 12.6. The summed E-state index contributed by atoms with van der Waals surface area (Å²) in [6.07, 6.45) is 0. The van der Waals surface area contributed by atoms with E-state index in [0.29, 0.717) is 5.56 Å². The predicted octanol–water partition coefficient (Wildman–Crippen LogP) is 1.92. The number of para-hydroxylation sites is 1. The first kappa shape index (κ1) is 16.5. The lowest BCUT2D eigenvalue weighted by Crippen LogP contribution is -2.37. The third-order valence-corrected chi connectivity index (χ3v) is 3.31. The summed E-state index contributed by atoms with van der Waals surface area (Å²) < 4.78 is 13.1. The van der Waals surface area contributed by atoms with Gasteiger partial charge in [0.25, 0.3) is 5.91 Å². The van der Waals surface area contributed by atoms with Crippen LogP contribution in [-0.2, 0) is 11.3 Å². The van der Waals surface area contributed by atoms with Gasteiger partial charge in [0.15, 0.2) is 0 Å². The van der Waals surface area contributed by atoms with E-state index in [9.17, 15) is 19.1 Å². The molecule has 0 bridgehead atoms. The van der Waals surface area contributed by atoms with Crippen LogP contribution in [0.15, 0.2) is 48.5 Å². The maximum Gasteiger partial charge on any atom is 0.251 e. The van der Waals surface area contributed by atoms with Gasteiger partial charge in [-0.25, -0.2) is 4.39 Å². The van der Waals surface area contributed by atoms with Crippen LogP contribution in [0.3, 0.4) is 0 Å². The Labute approximate surface area is 133 Å². The number of hydrogen-bond acceptors (Lipinski definition) is 3. The Kier molecular flexibility index (Phi) is 5.30. The topological polar surface area (TPSA) is 69.6 Å². The molecule has 0 atom stereocenters. The number of aromatic hydroxyl groups is 1. The van der Waals surface area contributed by atoms with E-state index in [4.69, 9.17) is 0 Å². The highest BCUT2D eigenvalue weighted by Gasteiger charge is 2.13. The van der Waals surface area contributed by atoms with Crippen LogP contribution in [0.1, 0.15) is 15.9 Å². The first-order chi connectivity index (χ1) is 11.0. The molecule has 2 amide bonds. The first-order valence-corrected chi connectivity index (χ1v) is 7.02. The number of amides is 2. The molecule has 0 heterocycles. The summed E-state index contributed by atoms with van der Waals surface area (Å²) in [5, 5.41) is 12.1. The molecule has 0 fully saturated rings. The monoisotopic (exact) mass is 316 g/mol. The average molecular weight is 316 g/mol. The van der Waals surface area contributed by atoms with Crippen LogP contribution in [0.4, 0.5) is 4.39 Å². The highest BCUT2D eigenvalue weighted by Crippen LogP contribution is 2.17. The molecule has 0 aromatic heterocycles. The molecule has 0 aliphatic heterocycles. The third kappa shape index (κ3) is 4.54. The van der Waals surface area contributed by atoms with Gasteiger partial charge in [-0.05, 0) is 24.3 Å². The summed E-state index contributed by atoms with van der Waals surface area (Å²) in [5.74, 6) is -1.25. The second-order valence-corrected chi connectivity index (χ2v) is 5.07. The number of rotatable bonds is 5. The van der Waals surface area contributed by atoms with Gasteiger partial charge in [-0.15, -0.1) is 0 Å². The number of carbonyl (C=O) groups excluding carboxylic acids is 2. The Morgan fingerprint density at radius 1 is 1.17 bits per heavy atom. The average Bonchev–Trinajstić information content (AvgIpc) is 2.54. The van der Waals surface area contributed by atoms with Crippen molar-refractivity contribution >= 4 is 11.8 Å². The molecule has 6 heteroatoms. The molecule has 0 saturated carbocycles. The molecule has 120 valence electrons. The van der Waals surface area contributed by atoms with Gasteiger partial charge in [-0.3, -0.25) is 9.59 Å². The maximum atomic E-state index is 13.1. The molecule has 0 saturated heterocycles. The zero-order valence-corrected chi connectivity index (χ0v) is 12.6. The smallest absolute Gasteiger partial charge is 0.251 e. The van der Waals surface area contributed by atoms with Crippen LogP contribution in [0.25, 0.3) is 0 Å². The van der Waals surface area contributed by atoms with Gasteiger partial charge in [0.05, 0.1) is 6.54 Å². The van der Waals surface area contributed by atoms with E-state index < -0.39 is 11.7 Å². The van der Waals surface area contributed by atoms with Crippen molar-refractivity contribution < 1.29 is 19.1 Å². The Hall–Kier alpha value is -2.89. The fourth-order valence-corrected chi connectivity index (χ4v) is 2.01. The van der Waals surface area contributed by atoms with Crippen LogP contribution in [0.2, 0.25) is 0 Å². The summed E-state index contributed by atoms with van der Waals surface area (Å²) in [5.41, 5.74) is 0.765. The number of phenols is 1. The molecule has 23 heavy (non-hydrogen) atoms. The number of likely N-dealkylation sites (N-methyl/N-ethyl adjacent to an activating group) is 1. The number of halogens is 1. The van der Waals surface area contributed by atoms with Crippen LogP contribution in [0.5, 0.6) is 5.75 Å². The van der Waals surface area contributed by atoms with Crippen molar-refractivity contribution in [3.05, 3.63) is 65.5 Å². The van der Waals surface area contributed by atoms with Crippen molar-refractivity contribution in [3.63, 3.8) is 0 Å². The van der Waals surface area contributed by atoms with Crippen LogP contribution < -0.4 is 5.32 Å². The quantitative estimate of drug-likeness (QED) is 0.885. The molecule has 0 unspecified atom stereocenters. The summed E-state index contributed by atoms with van der Waals surface area (Å²) in [6.45, 7) is 0.0147. The highest BCUT2D eigenvalue weighted by molar-refractivity contribution is 5.96. The molecule has 2 aromatic rings. The Morgan fingerprint density at radius 3 is 2.61 bits per heavy atom. The summed E-state index contributed by atoms with van der Waals surface area (Å²) >= 11 is 0. The van der Waals surface area contributed by atoms with Gasteiger partial charge in [0.2, 0.25) is 5.91 Å². The Bertz CT molecular complexity index is 718. The minimum Gasteiger partial charge on any atom is -0.508 e. The van der Waals surface area contributed by atoms with E-state index >= 15 is 0 Å². The maximum absolute atomic E-state index is 13.1. The van der Waals surface area contributed by atoms with E-state index in [1.165, 1.54) is 23.1 Å². The fourth-order valence-electron chi connectivity index (χ4n) is 2.01. The first-order valence-electron chi connectivity index (χ1n) is 7.02. The van der Waals surface area contributed by atoms with Gasteiger partial charge in [-0.1, -0.05) is 24.3 Å². The minimum atomic E-state index is -0.520. The lowest BCUT2D eigenvalue weighted by molar-refractivity contribution is -0.129. The number of carbonyl (C=O) groups is 2. The number of hydrogen-bond donors (Lipinski definition) is 2. The molecule has 5 nitrogen and oxygen atoms in total. The number of benzene rings is 2. The SMILES string of the molecule is CN(Cc1ccccc1O)C(=O)CNC(=O)c1cccc(F)c1. The second-order valence-electron chi connectivity index (χ2n) is 5.07. The Morgan fingerprint density at radius 2 is 1.91 bits per heavy atom. The largest absolute Gasteiger partial charge is 0.508 e. The summed E-state index contributed by atoms with van der Waals surface area (Å²) in [6, 6.07) is 11.9. The molecule has 2 N–H and O–H groups in total. The van der Waals surface area contributed by atoms with E-state index in [2.05, 4.69) is 5.32 Å². The standard InChI is InChI=1S/C17H17FN2O3/c1-20(11-13-5-2-3-8-15(13)21)16(22)10-19-17(23)12-6-4-7-14(18)9-12/h2-9,21H,10-11H2,1H3,(H,19,23). The van der Waals surface area contributed by atoms with Gasteiger partial charge in [0, 0.05) is 24.7 Å². The molecule has 2 rings (SSSR count). The van der Waals surface area contributed by atoms with Crippen LogP contribution in [0, 0.1) is 5.82 Å². The minimum absolute atomic E-state index is 0.107. The van der Waals surface area contributed by atoms with Gasteiger partial charge in [-0.2, -0.15) is 0 Å². The van der Waals surface area contributed by atoms with Crippen molar-refractivity contribution in [2.75, 3.05) is 13.6 Å². The van der Waals surface area contributed by atoms with Gasteiger partial charge >= 0.3 is 0 Å². The molecular formula is C17H17FN2O3. The van der Waals surface area contributed by atoms with E-state index in [0.717, 1.165) is 6.07 Å². The second kappa shape index (κ2) is 7.40. The van der Waals surface area contributed by atoms with Crippen molar-refractivity contribution in [3.8, 4) is 5.75 Å². The van der Waals surface area contributed by atoms with Crippen molar-refractivity contribution in [2.45, 2.75) is 6.54 Å². The van der Waals surface area contributed by atoms with E-state index in [1.807, 2.05) is 0 Å². The van der Waals surface area contributed by atoms with Crippen molar-refractivity contribution in [1.82, 2.24) is 10.2 Å². The highest BCUT2D eigenvalue weighted by atomic mass is 19.1. The zero-order chi connectivity index (χ0) is 16.8. The van der Waals surface area contributed by atoms with E-state index in [-0.39, 0.29) is 30.3 Å². The third-order valence-electron chi connectivity index (χ3n) is 3.31. The molecule has 0 aliphatic carbocycles. The molecule has 0 aliphatic rings. The summed E-state index contributed by atoms with van der Waals surface area (Å²) in [4.78, 5) is 25.3. The summed E-state index contributed by atoms with van der Waals surface area (Å²) in [7, 11) is 1.57. The molecule has 0 spiro atoms.